The summed E-state index contributed by atoms with van der Waals surface area (Å²) in [5, 5.41) is 4.26. The third-order valence-electron chi connectivity index (χ3n) is 2.33. The third-order valence-corrected chi connectivity index (χ3v) is 2.33. The van der Waals surface area contributed by atoms with E-state index in [1.807, 2.05) is 5.32 Å². The number of ketones is 1. The van der Waals surface area contributed by atoms with Crippen LogP contribution in [0.2, 0.25) is 0 Å². The van der Waals surface area contributed by atoms with E-state index in [2.05, 4.69) is 5.32 Å². The Kier molecular flexibility index (Phi) is 5.07. The van der Waals surface area contributed by atoms with Crippen molar-refractivity contribution in [2.24, 2.45) is 0 Å². The Balaban J connectivity index is 3.11. The molecule has 0 fully saturated rings. The van der Waals surface area contributed by atoms with Gasteiger partial charge in [0.25, 0.3) is 0 Å². The summed E-state index contributed by atoms with van der Waals surface area (Å²) >= 11 is 0. The Morgan fingerprint density at radius 3 is 2.19 bits per heavy atom. The van der Waals surface area contributed by atoms with Gasteiger partial charge in [0.05, 0.1) is 17.7 Å². The highest BCUT2D eigenvalue weighted by Gasteiger charge is 2.34. The van der Waals surface area contributed by atoms with Gasteiger partial charge in [-0.25, -0.2) is 0 Å². The van der Waals surface area contributed by atoms with Crippen molar-refractivity contribution in [3.63, 3.8) is 0 Å². The molecule has 0 heterocycles. The van der Waals surface area contributed by atoms with E-state index in [0.717, 1.165) is 19.9 Å². The summed E-state index contributed by atoms with van der Waals surface area (Å²) in [4.78, 5) is 33.0. The molecule has 0 aliphatic carbocycles. The molecular weight excluding hydrogens is 289 g/mol. The molecule has 114 valence electrons. The molecule has 0 aromatic heterocycles. The summed E-state index contributed by atoms with van der Waals surface area (Å²) in [5.41, 5.74) is -1.62. The normalized spacial score (nSPS) is 10.9. The number of hydrogen-bond donors (Lipinski definition) is 2. The first kappa shape index (κ1) is 16.7. The summed E-state index contributed by atoms with van der Waals surface area (Å²) < 4.78 is 38.8. The molecule has 0 aliphatic heterocycles. The van der Waals surface area contributed by atoms with Crippen molar-refractivity contribution in [2.45, 2.75) is 26.4 Å². The number of Topliss-reactive ketones (excluding diaryl/α,β-unsaturated/α-hetero) is 1. The molecule has 0 spiro atoms. The van der Waals surface area contributed by atoms with E-state index in [9.17, 15) is 27.6 Å². The number of amides is 2. The second-order valence-electron chi connectivity index (χ2n) is 4.37. The molecule has 1 rings (SSSR count). The molecule has 0 atom stereocenters. The number of anilines is 2. The number of carbonyl (C=O) groups is 3. The Bertz CT molecular complexity index is 583. The number of hydrogen-bond acceptors (Lipinski definition) is 3. The van der Waals surface area contributed by atoms with Crippen LogP contribution < -0.4 is 10.6 Å². The molecular formula is C13H13F3N2O3. The molecule has 0 unspecified atom stereocenters. The first-order chi connectivity index (χ1) is 9.59. The summed E-state index contributed by atoms with van der Waals surface area (Å²) in [7, 11) is 0. The Labute approximate surface area is 118 Å². The van der Waals surface area contributed by atoms with Gasteiger partial charge in [0, 0.05) is 12.6 Å². The lowest BCUT2D eigenvalue weighted by molar-refractivity contribution is -0.137. The lowest BCUT2D eigenvalue weighted by atomic mass is 10.1. The van der Waals surface area contributed by atoms with Crippen LogP contribution in [0.3, 0.4) is 0 Å². The van der Waals surface area contributed by atoms with Gasteiger partial charge in [-0.1, -0.05) is 0 Å². The fraction of sp³-hybridized carbons (Fsp3) is 0.308. The zero-order valence-corrected chi connectivity index (χ0v) is 11.3. The minimum atomic E-state index is -4.71. The van der Waals surface area contributed by atoms with Gasteiger partial charge in [-0.2, -0.15) is 13.2 Å². The highest BCUT2D eigenvalue weighted by molar-refractivity contribution is 6.04. The smallest absolute Gasteiger partial charge is 0.326 e. The van der Waals surface area contributed by atoms with Gasteiger partial charge in [0.1, 0.15) is 5.78 Å². The summed E-state index contributed by atoms with van der Waals surface area (Å²) in [6.45, 7) is 2.32. The molecule has 8 heteroatoms. The van der Waals surface area contributed by atoms with Crippen molar-refractivity contribution in [1.82, 2.24) is 0 Å². The van der Waals surface area contributed by atoms with Crippen LogP contribution in [0.4, 0.5) is 24.5 Å². The lowest BCUT2D eigenvalue weighted by Gasteiger charge is -2.15. The predicted octanol–water partition coefficient (Wildman–Crippen LogP) is 2.58. The molecule has 21 heavy (non-hydrogen) atoms. The van der Waals surface area contributed by atoms with Crippen LogP contribution in [0.15, 0.2) is 18.2 Å². The van der Waals surface area contributed by atoms with Crippen LogP contribution >= 0.6 is 0 Å². The summed E-state index contributed by atoms with van der Waals surface area (Å²) in [5.74, 6) is -1.81. The second-order valence-corrected chi connectivity index (χ2v) is 4.37. The molecule has 0 saturated carbocycles. The maximum absolute atomic E-state index is 12.9. The minimum Gasteiger partial charge on any atom is -0.326 e. The van der Waals surface area contributed by atoms with E-state index in [4.69, 9.17) is 0 Å². The maximum atomic E-state index is 12.9. The molecule has 5 nitrogen and oxygen atoms in total. The van der Waals surface area contributed by atoms with Crippen molar-refractivity contribution in [2.75, 3.05) is 10.6 Å². The van der Waals surface area contributed by atoms with Gasteiger partial charge in [-0.05, 0) is 25.1 Å². The minimum absolute atomic E-state index is 0.0422. The average molecular weight is 302 g/mol. The monoisotopic (exact) mass is 302 g/mol. The van der Waals surface area contributed by atoms with Gasteiger partial charge in [0.2, 0.25) is 11.8 Å². The van der Waals surface area contributed by atoms with E-state index >= 15 is 0 Å². The third kappa shape index (κ3) is 5.25. The molecule has 0 saturated heterocycles. The van der Waals surface area contributed by atoms with E-state index in [0.29, 0.717) is 6.07 Å². The first-order valence-corrected chi connectivity index (χ1v) is 5.87. The van der Waals surface area contributed by atoms with Crippen LogP contribution in [0.5, 0.6) is 0 Å². The Hall–Kier alpha value is -2.38. The number of benzene rings is 1. The summed E-state index contributed by atoms with van der Waals surface area (Å²) in [6.07, 6.45) is -5.22. The van der Waals surface area contributed by atoms with Crippen molar-refractivity contribution in [3.8, 4) is 0 Å². The molecule has 0 bridgehead atoms. The van der Waals surface area contributed by atoms with Gasteiger partial charge in [0.15, 0.2) is 0 Å². The number of alkyl halides is 3. The number of nitrogens with one attached hydrogen (secondary N) is 2. The Morgan fingerprint density at radius 2 is 1.71 bits per heavy atom. The summed E-state index contributed by atoms with van der Waals surface area (Å²) in [6, 6.07) is 2.96. The van der Waals surface area contributed by atoms with Gasteiger partial charge < -0.3 is 10.6 Å². The highest BCUT2D eigenvalue weighted by Crippen LogP contribution is 2.36. The molecule has 1 aromatic carbocycles. The maximum Gasteiger partial charge on any atom is 0.418 e. The SMILES string of the molecule is CC(=O)CC(=O)Nc1ccc(NC(C)=O)cc1C(F)(F)F. The number of rotatable bonds is 4. The van der Waals surface area contributed by atoms with Gasteiger partial charge in [-0.3, -0.25) is 14.4 Å². The molecule has 2 amide bonds. The first-order valence-electron chi connectivity index (χ1n) is 5.87. The fourth-order valence-corrected chi connectivity index (χ4v) is 1.59. The molecule has 1 aromatic rings. The quantitative estimate of drug-likeness (QED) is 0.839. The van der Waals surface area contributed by atoms with E-state index < -0.39 is 41.4 Å². The van der Waals surface area contributed by atoms with Gasteiger partial charge in [-0.15, -0.1) is 0 Å². The van der Waals surface area contributed by atoms with Crippen molar-refractivity contribution in [1.29, 1.82) is 0 Å². The standard InChI is InChI=1S/C13H13F3N2O3/c1-7(19)5-12(21)18-11-4-3-9(17-8(2)20)6-10(11)13(14,15)16/h3-4,6H,5H2,1-2H3,(H,17,20)(H,18,21). The molecule has 0 aliphatic rings. The lowest BCUT2D eigenvalue weighted by Crippen LogP contribution is -2.19. The van der Waals surface area contributed by atoms with Crippen LogP contribution in [0.1, 0.15) is 25.8 Å². The highest BCUT2D eigenvalue weighted by atomic mass is 19.4. The zero-order chi connectivity index (χ0) is 16.2. The zero-order valence-electron chi connectivity index (χ0n) is 11.3. The predicted molar refractivity (Wildman–Crippen MR) is 69.7 cm³/mol. The van der Waals surface area contributed by atoms with E-state index in [-0.39, 0.29) is 5.69 Å². The van der Waals surface area contributed by atoms with Crippen molar-refractivity contribution < 1.29 is 27.6 Å². The molecule has 0 radical (unpaired) electrons. The number of halogens is 3. The van der Waals surface area contributed by atoms with E-state index in [1.54, 1.807) is 0 Å². The largest absolute Gasteiger partial charge is 0.418 e. The molecule has 2 N–H and O–H groups in total. The van der Waals surface area contributed by atoms with Crippen LogP contribution in [-0.2, 0) is 20.6 Å². The van der Waals surface area contributed by atoms with Crippen molar-refractivity contribution >= 4 is 29.0 Å². The number of carbonyl (C=O) groups excluding carboxylic acids is 3. The Morgan fingerprint density at radius 1 is 1.10 bits per heavy atom. The van der Waals surface area contributed by atoms with Crippen LogP contribution in [-0.4, -0.2) is 17.6 Å². The van der Waals surface area contributed by atoms with Gasteiger partial charge >= 0.3 is 6.18 Å². The topological polar surface area (TPSA) is 75.3 Å². The average Bonchev–Trinajstić information content (AvgIpc) is 2.27. The van der Waals surface area contributed by atoms with Crippen molar-refractivity contribution in [3.05, 3.63) is 23.8 Å². The van der Waals surface area contributed by atoms with Crippen LogP contribution in [0.25, 0.3) is 0 Å². The van der Waals surface area contributed by atoms with E-state index in [1.165, 1.54) is 6.07 Å². The second kappa shape index (κ2) is 6.38. The fourth-order valence-electron chi connectivity index (χ4n) is 1.59. The van der Waals surface area contributed by atoms with Crippen LogP contribution in [0, 0.1) is 0 Å².